The number of rotatable bonds is 12. The molecule has 0 amide bonds. The van der Waals surface area contributed by atoms with Crippen LogP contribution in [0.15, 0.2) is 77.9 Å². The molecular formula is C22H29NO7P2. The van der Waals surface area contributed by atoms with Gasteiger partial charge in [0.1, 0.15) is 0 Å². The SMILES string of the molecule is C/C(=C\COP(=O)(O)OP(=O)(O)O)CC/C=C(\C)CNc1ccccc1-c1ccccc1. The summed E-state index contributed by atoms with van der Waals surface area (Å²) >= 11 is 0. The summed E-state index contributed by atoms with van der Waals surface area (Å²) in [5, 5.41) is 3.48. The van der Waals surface area contributed by atoms with Crippen LogP contribution < -0.4 is 5.32 Å². The molecule has 1 atom stereocenters. The van der Waals surface area contributed by atoms with Gasteiger partial charge in [-0.15, -0.1) is 0 Å². The first-order chi connectivity index (χ1) is 15.1. The highest BCUT2D eigenvalue weighted by atomic mass is 31.3. The molecular weight excluding hydrogens is 452 g/mol. The number of anilines is 1. The van der Waals surface area contributed by atoms with Gasteiger partial charge < -0.3 is 20.0 Å². The molecule has 0 spiro atoms. The summed E-state index contributed by atoms with van der Waals surface area (Å²) in [4.78, 5) is 26.4. The van der Waals surface area contributed by atoms with Crippen LogP contribution in [0.2, 0.25) is 0 Å². The average molecular weight is 481 g/mol. The van der Waals surface area contributed by atoms with E-state index < -0.39 is 15.6 Å². The fourth-order valence-corrected chi connectivity index (χ4v) is 4.42. The first-order valence-corrected chi connectivity index (χ1v) is 13.0. The van der Waals surface area contributed by atoms with E-state index in [1.807, 2.05) is 44.2 Å². The van der Waals surface area contributed by atoms with Crippen LogP contribution in [0.3, 0.4) is 0 Å². The maximum atomic E-state index is 11.4. The molecule has 0 heterocycles. The van der Waals surface area contributed by atoms with Gasteiger partial charge >= 0.3 is 15.6 Å². The minimum atomic E-state index is -5.10. The van der Waals surface area contributed by atoms with Crippen LogP contribution >= 0.6 is 15.6 Å². The van der Waals surface area contributed by atoms with Crippen molar-refractivity contribution in [3.63, 3.8) is 0 Å². The predicted octanol–water partition coefficient (Wildman–Crippen LogP) is 5.66. The smallest absolute Gasteiger partial charge is 0.381 e. The summed E-state index contributed by atoms with van der Waals surface area (Å²) in [5.41, 5.74) is 5.44. The van der Waals surface area contributed by atoms with Gasteiger partial charge in [-0.1, -0.05) is 71.8 Å². The highest BCUT2D eigenvalue weighted by Crippen LogP contribution is 2.57. The summed E-state index contributed by atoms with van der Waals surface area (Å²) in [7, 11) is -9.91. The minimum Gasteiger partial charge on any atom is -0.381 e. The van der Waals surface area contributed by atoms with E-state index in [0.717, 1.165) is 28.8 Å². The molecule has 4 N–H and O–H groups in total. The second kappa shape index (κ2) is 12.3. The third-order valence-electron chi connectivity index (χ3n) is 4.48. The van der Waals surface area contributed by atoms with Crippen molar-refractivity contribution in [2.45, 2.75) is 26.7 Å². The number of hydrogen-bond donors (Lipinski definition) is 4. The molecule has 8 nitrogen and oxygen atoms in total. The first-order valence-electron chi connectivity index (χ1n) is 9.99. The lowest BCUT2D eigenvalue weighted by atomic mass is 10.0. The Labute approximate surface area is 188 Å². The first kappa shape index (κ1) is 26.2. The van der Waals surface area contributed by atoms with Gasteiger partial charge in [0, 0.05) is 17.8 Å². The van der Waals surface area contributed by atoms with Gasteiger partial charge in [-0.3, -0.25) is 4.52 Å². The fraction of sp³-hybridized carbons (Fsp3) is 0.273. The van der Waals surface area contributed by atoms with E-state index in [9.17, 15) is 14.0 Å². The molecule has 0 bridgehead atoms. The van der Waals surface area contributed by atoms with Crippen LogP contribution in [-0.2, 0) is 18.0 Å². The average Bonchev–Trinajstić information content (AvgIpc) is 2.71. The van der Waals surface area contributed by atoms with Gasteiger partial charge in [0.25, 0.3) is 0 Å². The standard InChI is InChI=1S/C22H29NO7P2/c1-18(15-16-29-32(27,28)30-31(24,25)26)9-8-10-19(2)17-23-22-14-7-6-13-21(22)20-11-4-3-5-12-20/h3-7,10-15,23H,8-9,16-17H2,1-2H3,(H,27,28)(H2,24,25,26)/b18-15+,19-10+. The zero-order valence-corrected chi connectivity index (χ0v) is 19.8. The normalized spacial score (nSPS) is 14.8. The number of phosphoric acid groups is 2. The summed E-state index contributed by atoms with van der Waals surface area (Å²) < 4.78 is 30.3. The van der Waals surface area contributed by atoms with E-state index in [2.05, 4.69) is 44.5 Å². The molecule has 2 rings (SSSR count). The molecule has 0 fully saturated rings. The van der Waals surface area contributed by atoms with Crippen molar-refractivity contribution >= 4 is 21.3 Å². The van der Waals surface area contributed by atoms with Crippen molar-refractivity contribution in [1.29, 1.82) is 0 Å². The van der Waals surface area contributed by atoms with E-state index in [0.29, 0.717) is 13.0 Å². The number of nitrogens with one attached hydrogen (secondary N) is 1. The molecule has 2 aromatic carbocycles. The van der Waals surface area contributed by atoms with Crippen molar-refractivity contribution < 1.29 is 32.6 Å². The maximum absolute atomic E-state index is 11.4. The molecule has 2 aromatic rings. The fourth-order valence-electron chi connectivity index (χ4n) is 2.89. The Kier molecular flexibility index (Phi) is 10.1. The van der Waals surface area contributed by atoms with E-state index in [1.54, 1.807) is 6.08 Å². The van der Waals surface area contributed by atoms with Crippen LogP contribution in [0.5, 0.6) is 0 Å². The third-order valence-corrected chi connectivity index (χ3v) is 6.63. The largest absolute Gasteiger partial charge is 0.481 e. The lowest BCUT2D eigenvalue weighted by Crippen LogP contribution is -2.04. The zero-order chi connectivity index (χ0) is 23.6. The zero-order valence-electron chi connectivity index (χ0n) is 18.0. The van der Waals surface area contributed by atoms with Crippen LogP contribution in [0.1, 0.15) is 26.7 Å². The molecule has 0 aliphatic carbocycles. The Balaban J connectivity index is 1.81. The van der Waals surface area contributed by atoms with Gasteiger partial charge in [0.15, 0.2) is 0 Å². The van der Waals surface area contributed by atoms with E-state index in [4.69, 9.17) is 9.79 Å². The number of phosphoric ester groups is 1. The third kappa shape index (κ3) is 10.1. The number of para-hydroxylation sites is 1. The Morgan fingerprint density at radius 2 is 1.59 bits per heavy atom. The minimum absolute atomic E-state index is 0.292. The highest BCUT2D eigenvalue weighted by molar-refractivity contribution is 7.60. The van der Waals surface area contributed by atoms with Crippen molar-refractivity contribution in [2.75, 3.05) is 18.5 Å². The number of hydrogen-bond acceptors (Lipinski definition) is 5. The molecule has 10 heteroatoms. The van der Waals surface area contributed by atoms with Crippen molar-refractivity contribution in [3.05, 3.63) is 77.9 Å². The van der Waals surface area contributed by atoms with Crippen LogP contribution in [-0.4, -0.2) is 27.8 Å². The molecule has 0 saturated carbocycles. The molecule has 1 unspecified atom stereocenters. The second-order valence-corrected chi connectivity index (χ2v) is 10.1. The molecule has 0 aromatic heterocycles. The monoisotopic (exact) mass is 481 g/mol. The lowest BCUT2D eigenvalue weighted by molar-refractivity contribution is 0.191. The Bertz CT molecular complexity index is 1030. The molecule has 0 saturated heterocycles. The summed E-state index contributed by atoms with van der Waals surface area (Å²) in [6.07, 6.45) is 5.16. The van der Waals surface area contributed by atoms with Gasteiger partial charge in [-0.2, -0.15) is 4.31 Å². The highest BCUT2D eigenvalue weighted by Gasteiger charge is 2.31. The predicted molar refractivity (Wildman–Crippen MR) is 126 cm³/mol. The lowest BCUT2D eigenvalue weighted by Gasteiger charge is -2.13. The Morgan fingerprint density at radius 3 is 2.28 bits per heavy atom. The quantitative estimate of drug-likeness (QED) is 0.226. The van der Waals surface area contributed by atoms with Crippen LogP contribution in [0, 0.1) is 0 Å². The van der Waals surface area contributed by atoms with Crippen molar-refractivity contribution in [3.8, 4) is 11.1 Å². The summed E-state index contributed by atoms with van der Waals surface area (Å²) in [5.74, 6) is 0. The topological polar surface area (TPSA) is 125 Å². The van der Waals surface area contributed by atoms with E-state index in [-0.39, 0.29) is 6.61 Å². The Hall–Kier alpha value is -2.02. The van der Waals surface area contributed by atoms with Crippen molar-refractivity contribution in [2.24, 2.45) is 0 Å². The maximum Gasteiger partial charge on any atom is 0.481 e. The molecule has 174 valence electrons. The number of benzene rings is 2. The van der Waals surface area contributed by atoms with Crippen LogP contribution in [0.25, 0.3) is 11.1 Å². The molecule has 0 aliphatic rings. The van der Waals surface area contributed by atoms with Crippen LogP contribution in [0.4, 0.5) is 5.69 Å². The van der Waals surface area contributed by atoms with Gasteiger partial charge in [-0.25, -0.2) is 9.13 Å². The summed E-state index contributed by atoms with van der Waals surface area (Å²) in [6, 6.07) is 18.3. The molecule has 0 aliphatic heterocycles. The molecule has 0 radical (unpaired) electrons. The van der Waals surface area contributed by atoms with Gasteiger partial charge in [0.2, 0.25) is 0 Å². The summed E-state index contributed by atoms with van der Waals surface area (Å²) in [6.45, 7) is 4.29. The molecule has 32 heavy (non-hydrogen) atoms. The van der Waals surface area contributed by atoms with Crippen molar-refractivity contribution in [1.82, 2.24) is 0 Å². The Morgan fingerprint density at radius 1 is 0.938 bits per heavy atom. The van der Waals surface area contributed by atoms with E-state index in [1.165, 1.54) is 5.57 Å². The van der Waals surface area contributed by atoms with Gasteiger partial charge in [-0.05, 0) is 38.3 Å². The number of allylic oxidation sites excluding steroid dienone is 2. The second-order valence-electron chi connectivity index (χ2n) is 7.24. The van der Waals surface area contributed by atoms with Gasteiger partial charge in [0.05, 0.1) is 6.61 Å². The van der Waals surface area contributed by atoms with E-state index >= 15 is 0 Å².